The van der Waals surface area contributed by atoms with Crippen molar-refractivity contribution in [2.75, 3.05) is 5.32 Å². The van der Waals surface area contributed by atoms with Crippen molar-refractivity contribution in [1.82, 2.24) is 5.43 Å². The van der Waals surface area contributed by atoms with Crippen molar-refractivity contribution in [1.29, 1.82) is 0 Å². The topological polar surface area (TPSA) is 70.6 Å². The van der Waals surface area contributed by atoms with Gasteiger partial charge < -0.3 is 10.1 Å². The first-order chi connectivity index (χ1) is 19.2. The van der Waals surface area contributed by atoms with Crippen molar-refractivity contribution < 1.29 is 9.59 Å². The Balaban J connectivity index is -0.000000521. The number of hydrogen-bond donors (Lipinski definition) is 2. The predicted molar refractivity (Wildman–Crippen MR) is 178 cm³/mol. The number of anilines is 1. The van der Waals surface area contributed by atoms with Crippen LogP contribution in [0.15, 0.2) is 72.5 Å². The minimum Gasteiger partial charge on any atom is -0.359 e. The van der Waals surface area contributed by atoms with Crippen LogP contribution in [0.4, 0.5) is 5.69 Å². The highest BCUT2D eigenvalue weighted by Gasteiger charge is 2.21. The summed E-state index contributed by atoms with van der Waals surface area (Å²) in [6.45, 7) is 29.0. The van der Waals surface area contributed by atoms with Crippen molar-refractivity contribution in [3.63, 3.8) is 0 Å². The molecule has 2 aromatic carbocycles. The summed E-state index contributed by atoms with van der Waals surface area (Å²) in [6, 6.07) is 14.9. The molecular weight excluding hydrogens is 494 g/mol. The normalized spacial score (nSPS) is 13.2. The third-order valence-corrected chi connectivity index (χ3v) is 5.78. The van der Waals surface area contributed by atoms with Crippen LogP contribution in [0.5, 0.6) is 0 Å². The van der Waals surface area contributed by atoms with Gasteiger partial charge in [0.1, 0.15) is 6.79 Å². The summed E-state index contributed by atoms with van der Waals surface area (Å²) in [4.78, 5) is 19.2. The third kappa shape index (κ3) is 17.9. The molecule has 5 heteroatoms. The molecule has 1 unspecified atom stereocenters. The SMILES string of the molecule is C=C.C=O.CC.CC/C=C(/C)Nc1ccc(CC)cc1.CCCC.Cc1ccc(C2=NNC(=O)CC2C)cc1C. The summed E-state index contributed by atoms with van der Waals surface area (Å²) in [5, 5.41) is 7.50. The van der Waals surface area contributed by atoms with Gasteiger partial charge in [0.2, 0.25) is 5.91 Å². The maximum absolute atomic E-state index is 11.2. The Morgan fingerprint density at radius 1 is 0.975 bits per heavy atom. The van der Waals surface area contributed by atoms with Crippen LogP contribution in [-0.2, 0) is 16.0 Å². The van der Waals surface area contributed by atoms with Gasteiger partial charge in [-0.3, -0.25) is 4.79 Å². The van der Waals surface area contributed by atoms with Crippen molar-refractivity contribution in [3.8, 4) is 0 Å². The second-order valence-corrected chi connectivity index (χ2v) is 8.91. The number of unbranched alkanes of at least 4 members (excludes halogenated alkanes) is 1. The molecule has 2 aromatic rings. The lowest BCUT2D eigenvalue weighted by Gasteiger charge is -2.19. The first-order valence-corrected chi connectivity index (χ1v) is 14.5. The molecule has 1 amide bonds. The van der Waals surface area contributed by atoms with Gasteiger partial charge >= 0.3 is 0 Å². The highest BCUT2D eigenvalue weighted by atomic mass is 16.2. The lowest BCUT2D eigenvalue weighted by Crippen LogP contribution is -2.31. The number of nitrogens with zero attached hydrogens (tertiary/aromatic N) is 1. The number of allylic oxidation sites excluding steroid dienone is 2. The van der Waals surface area contributed by atoms with Crippen LogP contribution >= 0.6 is 0 Å². The maximum atomic E-state index is 11.2. The molecule has 0 fully saturated rings. The molecule has 0 saturated heterocycles. The first-order valence-electron chi connectivity index (χ1n) is 14.5. The minimum atomic E-state index is 0.0000774. The minimum absolute atomic E-state index is 0.0000774. The second-order valence-electron chi connectivity index (χ2n) is 8.91. The lowest BCUT2D eigenvalue weighted by molar-refractivity contribution is -0.121. The summed E-state index contributed by atoms with van der Waals surface area (Å²) < 4.78 is 0. The fourth-order valence-electron chi connectivity index (χ4n) is 3.31. The fourth-order valence-corrected chi connectivity index (χ4v) is 3.31. The maximum Gasteiger partial charge on any atom is 0.240 e. The molecule has 1 aliphatic rings. The Morgan fingerprint density at radius 3 is 1.95 bits per heavy atom. The van der Waals surface area contributed by atoms with E-state index in [0.29, 0.717) is 6.42 Å². The van der Waals surface area contributed by atoms with Crippen LogP contribution in [0.25, 0.3) is 0 Å². The monoisotopic (exact) mass is 551 g/mol. The Morgan fingerprint density at radius 2 is 1.52 bits per heavy atom. The van der Waals surface area contributed by atoms with Gasteiger partial charge in [-0.05, 0) is 74.1 Å². The number of hydrazone groups is 1. The zero-order valence-corrected chi connectivity index (χ0v) is 27.1. The molecule has 3 rings (SSSR count). The Labute approximate surface area is 246 Å². The fraction of sp³-hybridized carbons (Fsp3) is 0.457. The Bertz CT molecular complexity index is 975. The zero-order chi connectivity index (χ0) is 31.5. The van der Waals surface area contributed by atoms with E-state index in [0.717, 1.165) is 24.1 Å². The highest BCUT2D eigenvalue weighted by Crippen LogP contribution is 2.18. The van der Waals surface area contributed by atoms with Gasteiger partial charge in [-0.1, -0.05) is 91.6 Å². The summed E-state index contributed by atoms with van der Waals surface area (Å²) in [6.07, 6.45) is 7.52. The lowest BCUT2D eigenvalue weighted by atomic mass is 9.92. The number of benzene rings is 2. The molecular formula is C35H57N3O2. The van der Waals surface area contributed by atoms with E-state index in [1.165, 1.54) is 40.9 Å². The summed E-state index contributed by atoms with van der Waals surface area (Å²) in [5.41, 5.74) is 10.9. The van der Waals surface area contributed by atoms with Gasteiger partial charge in [-0.2, -0.15) is 5.10 Å². The molecule has 0 bridgehead atoms. The van der Waals surface area contributed by atoms with Crippen LogP contribution in [0.3, 0.4) is 0 Å². The molecule has 0 radical (unpaired) electrons. The van der Waals surface area contributed by atoms with Crippen LogP contribution in [-0.4, -0.2) is 18.4 Å². The van der Waals surface area contributed by atoms with Crippen LogP contribution < -0.4 is 10.7 Å². The van der Waals surface area contributed by atoms with Gasteiger partial charge in [0.05, 0.1) is 5.71 Å². The number of nitrogens with one attached hydrogen (secondary N) is 2. The number of rotatable bonds is 6. The molecule has 224 valence electrons. The van der Waals surface area contributed by atoms with Gasteiger partial charge in [-0.25, -0.2) is 5.43 Å². The molecule has 5 nitrogen and oxygen atoms in total. The molecule has 1 aliphatic heterocycles. The van der Waals surface area contributed by atoms with Crippen molar-refractivity contribution in [2.24, 2.45) is 11.0 Å². The van der Waals surface area contributed by atoms with E-state index in [9.17, 15) is 4.79 Å². The van der Waals surface area contributed by atoms with Crippen LogP contribution in [0.1, 0.15) is 103 Å². The molecule has 0 saturated carbocycles. The second kappa shape index (κ2) is 27.1. The molecule has 0 aliphatic carbocycles. The highest BCUT2D eigenvalue weighted by molar-refractivity contribution is 6.05. The van der Waals surface area contributed by atoms with Gasteiger partial charge in [-0.15, -0.1) is 13.2 Å². The first kappa shape index (κ1) is 41.0. The van der Waals surface area contributed by atoms with Crippen LogP contribution in [0.2, 0.25) is 0 Å². The van der Waals surface area contributed by atoms with Crippen molar-refractivity contribution >= 4 is 24.1 Å². The van der Waals surface area contributed by atoms with E-state index in [1.54, 1.807) is 0 Å². The molecule has 0 aromatic heterocycles. The van der Waals surface area contributed by atoms with Gasteiger partial charge in [0, 0.05) is 23.7 Å². The van der Waals surface area contributed by atoms with Gasteiger partial charge in [0.25, 0.3) is 0 Å². The van der Waals surface area contributed by atoms with E-state index in [-0.39, 0.29) is 11.8 Å². The van der Waals surface area contributed by atoms with E-state index in [1.807, 2.05) is 27.6 Å². The Kier molecular flexibility index (Phi) is 27.8. The Hall–Kier alpha value is -3.47. The average Bonchev–Trinajstić information content (AvgIpc) is 2.99. The largest absolute Gasteiger partial charge is 0.359 e. The summed E-state index contributed by atoms with van der Waals surface area (Å²) in [7, 11) is 0. The quantitative estimate of drug-likeness (QED) is 0.351. The van der Waals surface area contributed by atoms with Crippen LogP contribution in [0, 0.1) is 19.8 Å². The third-order valence-electron chi connectivity index (χ3n) is 5.78. The molecule has 1 atom stereocenters. The number of carbonyl (C=O) groups is 2. The summed E-state index contributed by atoms with van der Waals surface area (Å²) in [5.74, 6) is 0.191. The van der Waals surface area contributed by atoms with E-state index in [2.05, 4.69) is 126 Å². The molecule has 40 heavy (non-hydrogen) atoms. The molecule has 1 heterocycles. The van der Waals surface area contributed by atoms with E-state index in [4.69, 9.17) is 4.79 Å². The molecule has 2 N–H and O–H groups in total. The number of carbonyl (C=O) groups excluding carboxylic acids is 2. The van der Waals surface area contributed by atoms with Crippen molar-refractivity contribution in [2.45, 2.75) is 101 Å². The molecule has 0 spiro atoms. The number of aryl methyl sites for hydroxylation is 3. The smallest absolute Gasteiger partial charge is 0.240 e. The predicted octanol–water partition coefficient (Wildman–Crippen LogP) is 9.59. The van der Waals surface area contributed by atoms with E-state index < -0.39 is 0 Å². The standard InChI is InChI=1S/C13H16N2O.C13H19N.C4H10.C2H6.C2H4.CH2O/c1-8-4-5-11(6-9(8)2)13-10(3)7-12(16)14-15-13;1-4-6-11(3)14-13-9-7-12(5-2)8-10-13;1-3-4-2;3*1-2/h4-6,10H,7H2,1-3H3,(H,14,16);6-10,14H,4-5H2,1-3H3;3-4H2,1-2H3;1-2H3;1-2H2;1H2/b;11-6-;;;;. The number of hydrogen-bond acceptors (Lipinski definition) is 4. The van der Waals surface area contributed by atoms with Crippen molar-refractivity contribution in [3.05, 3.63) is 89.6 Å². The summed E-state index contributed by atoms with van der Waals surface area (Å²) >= 11 is 0. The average molecular weight is 552 g/mol. The van der Waals surface area contributed by atoms with Gasteiger partial charge in [0.15, 0.2) is 0 Å². The number of amides is 1. The van der Waals surface area contributed by atoms with E-state index >= 15 is 0 Å². The zero-order valence-electron chi connectivity index (χ0n) is 27.1.